The van der Waals surface area contributed by atoms with Crippen LogP contribution in [-0.4, -0.2) is 51.9 Å². The number of carbonyl (C=O) groups is 3. The molecule has 2 amide bonds. The lowest BCUT2D eigenvalue weighted by Gasteiger charge is -2.30. The van der Waals surface area contributed by atoms with E-state index in [1.165, 1.54) is 42.5 Å². The number of aromatic nitrogens is 2. The van der Waals surface area contributed by atoms with E-state index >= 15 is 0 Å². The van der Waals surface area contributed by atoms with Crippen LogP contribution in [0.3, 0.4) is 0 Å². The van der Waals surface area contributed by atoms with Gasteiger partial charge in [0.15, 0.2) is 5.69 Å². The number of nitrogens with zero attached hydrogens (tertiary/aromatic N) is 3. The van der Waals surface area contributed by atoms with E-state index in [0.29, 0.717) is 23.5 Å². The Hall–Kier alpha value is -5.01. The molecule has 4 aromatic rings. The molecule has 5 rings (SSSR count). The van der Waals surface area contributed by atoms with Gasteiger partial charge in [0.25, 0.3) is 11.8 Å². The second-order valence-electron chi connectivity index (χ2n) is 10.3. The van der Waals surface area contributed by atoms with Crippen LogP contribution in [0.2, 0.25) is 0 Å². The lowest BCUT2D eigenvalue weighted by atomic mass is 10.0. The summed E-state index contributed by atoms with van der Waals surface area (Å²) in [5.41, 5.74) is -0.834. The van der Waals surface area contributed by atoms with E-state index < -0.39 is 47.7 Å². The van der Waals surface area contributed by atoms with Crippen LogP contribution >= 0.6 is 0 Å². The number of carboxylic acid groups (broad SMARTS) is 1. The Labute approximate surface area is 247 Å². The zero-order chi connectivity index (χ0) is 31.6. The summed E-state index contributed by atoms with van der Waals surface area (Å²) in [4.78, 5) is 39.9. The van der Waals surface area contributed by atoms with Crippen LogP contribution in [0.25, 0.3) is 10.9 Å². The average Bonchev–Trinajstić information content (AvgIpc) is 3.34. The molecule has 0 bridgehead atoms. The van der Waals surface area contributed by atoms with Crippen molar-refractivity contribution in [3.63, 3.8) is 0 Å². The van der Waals surface area contributed by atoms with Crippen LogP contribution in [0.5, 0.6) is 0 Å². The third-order valence-electron chi connectivity index (χ3n) is 7.19. The first-order chi connectivity index (χ1) is 20.8. The number of para-hydroxylation sites is 2. The molecule has 0 radical (unpaired) electrons. The van der Waals surface area contributed by atoms with Crippen LogP contribution in [0.1, 0.15) is 45.7 Å². The molecule has 3 N–H and O–H groups in total. The number of halogens is 5. The minimum atomic E-state index is -4.58. The molecule has 0 unspecified atom stereocenters. The Morgan fingerprint density at radius 1 is 0.818 bits per heavy atom. The Morgan fingerprint density at radius 3 is 2.18 bits per heavy atom. The van der Waals surface area contributed by atoms with Crippen molar-refractivity contribution in [3.05, 3.63) is 83.6 Å². The van der Waals surface area contributed by atoms with Crippen molar-refractivity contribution < 1.29 is 41.4 Å². The number of fused-ring (bicyclic) bond motifs is 1. The smallest absolute Gasteiger partial charge is 0.408 e. The van der Waals surface area contributed by atoms with Crippen molar-refractivity contribution in [3.8, 4) is 0 Å². The number of carboxylic acids is 1. The fraction of sp³-hybridized carbons (Fsp3) is 0.267. The molecule has 1 saturated heterocycles. The number of hydrogen-bond donors (Lipinski definition) is 3. The molecule has 0 saturated carbocycles. The number of rotatable bonds is 8. The number of amides is 2. The molecule has 1 aromatic heterocycles. The van der Waals surface area contributed by atoms with E-state index in [2.05, 4.69) is 15.7 Å². The number of hydrogen-bond acceptors (Lipinski definition) is 5. The third kappa shape index (κ3) is 6.33. The lowest BCUT2D eigenvalue weighted by Crippen LogP contribution is -2.31. The summed E-state index contributed by atoms with van der Waals surface area (Å²) in [5, 5.41) is 18.1. The van der Waals surface area contributed by atoms with Gasteiger partial charge in [0.05, 0.1) is 28.1 Å². The number of carbonyl (C=O) groups excluding carboxylic acids is 2. The Morgan fingerprint density at radius 2 is 1.48 bits per heavy atom. The first kappa shape index (κ1) is 30.4. The van der Waals surface area contributed by atoms with Gasteiger partial charge in [0.1, 0.15) is 6.54 Å². The molecular formula is C30H26F5N5O4. The monoisotopic (exact) mass is 615 g/mol. The molecule has 0 aliphatic carbocycles. The predicted octanol–water partition coefficient (Wildman–Crippen LogP) is 6.27. The van der Waals surface area contributed by atoms with Crippen LogP contribution in [0.4, 0.5) is 39.0 Å². The highest BCUT2D eigenvalue weighted by molar-refractivity contribution is 6.13. The topological polar surface area (TPSA) is 117 Å². The number of nitrogens with one attached hydrogen (secondary N) is 2. The fourth-order valence-electron chi connectivity index (χ4n) is 5.13. The molecule has 14 heteroatoms. The zero-order valence-corrected chi connectivity index (χ0v) is 23.0. The first-order valence-corrected chi connectivity index (χ1v) is 13.6. The van der Waals surface area contributed by atoms with E-state index in [9.17, 15) is 36.3 Å². The highest BCUT2D eigenvalue weighted by Gasteiger charge is 2.43. The summed E-state index contributed by atoms with van der Waals surface area (Å²) >= 11 is 0. The van der Waals surface area contributed by atoms with Gasteiger partial charge in [-0.1, -0.05) is 36.4 Å². The van der Waals surface area contributed by atoms with Crippen molar-refractivity contribution in [2.45, 2.75) is 37.9 Å². The maximum absolute atomic E-state index is 14.3. The van der Waals surface area contributed by atoms with Gasteiger partial charge in [-0.3, -0.25) is 14.3 Å². The quantitative estimate of drug-likeness (QED) is 0.201. The van der Waals surface area contributed by atoms with Gasteiger partial charge in [-0.25, -0.2) is 4.79 Å². The van der Waals surface area contributed by atoms with Crippen LogP contribution < -0.4 is 15.5 Å². The highest BCUT2D eigenvalue weighted by Crippen LogP contribution is 2.35. The first-order valence-electron chi connectivity index (χ1n) is 13.6. The third-order valence-corrected chi connectivity index (χ3v) is 7.19. The molecule has 1 aliphatic heterocycles. The molecule has 0 spiro atoms. The summed E-state index contributed by atoms with van der Waals surface area (Å²) in [6, 6.07) is 14.9. The summed E-state index contributed by atoms with van der Waals surface area (Å²) in [6.07, 6.45) is -1.84. The van der Waals surface area contributed by atoms with E-state index in [1.54, 1.807) is 12.1 Å². The summed E-state index contributed by atoms with van der Waals surface area (Å²) in [5.74, 6) is -8.34. The molecule has 0 atom stereocenters. The van der Waals surface area contributed by atoms with Crippen molar-refractivity contribution in [1.29, 1.82) is 0 Å². The van der Waals surface area contributed by atoms with E-state index in [-0.39, 0.29) is 27.8 Å². The number of anilines is 3. The van der Waals surface area contributed by atoms with E-state index in [4.69, 9.17) is 5.11 Å². The number of piperidine rings is 1. The maximum atomic E-state index is 14.3. The highest BCUT2D eigenvalue weighted by atomic mass is 19.4. The van der Waals surface area contributed by atoms with Crippen molar-refractivity contribution in [2.75, 3.05) is 28.6 Å². The zero-order valence-electron chi connectivity index (χ0n) is 23.0. The number of alkyl halides is 5. The standard InChI is InChI=1S/C30H26F5N5O4/c31-29(32,33)17-40-23-11-5-2-8-19(23)25(38-40)27(42)37-22-16-18(12-13-24(22)39-14-6-1-7-15-39)26(41)36-21-10-4-3-9-20(21)30(34,35)28(43)44/h2-5,8-13,16H,1,6-7,14-15,17H2,(H,36,41)(H,37,42)(H,43,44). The fourth-order valence-corrected chi connectivity index (χ4v) is 5.13. The van der Waals surface area contributed by atoms with Gasteiger partial charge < -0.3 is 20.6 Å². The molecule has 230 valence electrons. The largest absolute Gasteiger partial charge is 0.477 e. The van der Waals surface area contributed by atoms with Crippen molar-refractivity contribution >= 4 is 45.7 Å². The average molecular weight is 616 g/mol. The molecule has 44 heavy (non-hydrogen) atoms. The van der Waals surface area contributed by atoms with Crippen LogP contribution in [0, 0.1) is 0 Å². The van der Waals surface area contributed by atoms with Gasteiger partial charge in [-0.05, 0) is 49.6 Å². The lowest BCUT2D eigenvalue weighted by molar-refractivity contribution is -0.166. The summed E-state index contributed by atoms with van der Waals surface area (Å²) < 4.78 is 69.0. The molecule has 1 aliphatic rings. The molecule has 1 fully saturated rings. The second kappa shape index (κ2) is 11.9. The van der Waals surface area contributed by atoms with Gasteiger partial charge in [0.2, 0.25) is 0 Å². The Kier molecular flexibility index (Phi) is 8.26. The van der Waals surface area contributed by atoms with Gasteiger partial charge >= 0.3 is 18.1 Å². The SMILES string of the molecule is O=C(Nc1ccccc1C(F)(F)C(=O)O)c1ccc(N2CCCCC2)c(NC(=O)c2nn(CC(F)(F)F)c3ccccc23)c1. The Balaban J connectivity index is 1.50. The van der Waals surface area contributed by atoms with Crippen LogP contribution in [-0.2, 0) is 17.3 Å². The Bertz CT molecular complexity index is 1730. The van der Waals surface area contributed by atoms with Crippen molar-refractivity contribution in [1.82, 2.24) is 9.78 Å². The van der Waals surface area contributed by atoms with Crippen LogP contribution in [0.15, 0.2) is 66.7 Å². The van der Waals surface area contributed by atoms with Crippen molar-refractivity contribution in [2.24, 2.45) is 0 Å². The number of aliphatic carboxylic acids is 1. The normalized spacial score (nSPS) is 14.0. The summed E-state index contributed by atoms with van der Waals surface area (Å²) in [7, 11) is 0. The van der Waals surface area contributed by atoms with Gasteiger partial charge in [-0.2, -0.15) is 27.1 Å². The molecule has 9 nitrogen and oxygen atoms in total. The predicted molar refractivity (Wildman–Crippen MR) is 152 cm³/mol. The maximum Gasteiger partial charge on any atom is 0.408 e. The number of benzene rings is 3. The molecular weight excluding hydrogens is 589 g/mol. The van der Waals surface area contributed by atoms with Gasteiger partial charge in [0, 0.05) is 24.0 Å². The molecule has 3 aromatic carbocycles. The molecule has 2 heterocycles. The minimum absolute atomic E-state index is 0.0537. The van der Waals surface area contributed by atoms with E-state index in [1.807, 2.05) is 4.90 Å². The summed E-state index contributed by atoms with van der Waals surface area (Å²) in [6.45, 7) is -0.109. The minimum Gasteiger partial charge on any atom is -0.477 e. The van der Waals surface area contributed by atoms with Gasteiger partial charge in [-0.15, -0.1) is 0 Å². The second-order valence-corrected chi connectivity index (χ2v) is 10.3. The van der Waals surface area contributed by atoms with E-state index in [0.717, 1.165) is 31.4 Å².